The number of alkyl halides is 3. The topological polar surface area (TPSA) is 78.5 Å². The number of anilines is 3. The average molecular weight is 654 g/mol. The summed E-state index contributed by atoms with van der Waals surface area (Å²) in [7, 11) is -0.176. The van der Waals surface area contributed by atoms with Gasteiger partial charge in [-0.25, -0.2) is 8.42 Å². The molecule has 1 aliphatic heterocycles. The summed E-state index contributed by atoms with van der Waals surface area (Å²) in [6.07, 6.45) is -4.54. The fourth-order valence-corrected chi connectivity index (χ4v) is 8.07. The molecule has 5 aromatic rings. The molecule has 5 aromatic carbocycles. The fraction of sp³-hybridized carbons (Fsp3) is 0.162. The van der Waals surface area contributed by atoms with Crippen molar-refractivity contribution in [1.29, 1.82) is 0 Å². The van der Waals surface area contributed by atoms with Gasteiger partial charge in [-0.1, -0.05) is 60.2 Å². The first-order valence-corrected chi connectivity index (χ1v) is 16.5. The van der Waals surface area contributed by atoms with Gasteiger partial charge in [-0.2, -0.15) is 13.2 Å². The van der Waals surface area contributed by atoms with Crippen molar-refractivity contribution in [1.82, 2.24) is 0 Å². The predicted molar refractivity (Wildman–Crippen MR) is 179 cm³/mol. The lowest BCUT2D eigenvalue weighted by atomic mass is 9.80. The second-order valence-electron chi connectivity index (χ2n) is 12.1. The molecule has 7 rings (SSSR count). The van der Waals surface area contributed by atoms with Crippen LogP contribution in [-0.2, 0) is 21.0 Å². The third-order valence-corrected chi connectivity index (χ3v) is 10.5. The minimum atomic E-state index is -4.54. The Bertz CT molecular complexity index is 2230. The number of halogens is 3. The molecule has 0 spiro atoms. The highest BCUT2D eigenvalue weighted by molar-refractivity contribution is 7.92. The molecule has 0 aromatic heterocycles. The Labute approximate surface area is 270 Å². The number of benzene rings is 5. The van der Waals surface area contributed by atoms with Gasteiger partial charge < -0.3 is 10.2 Å². The second-order valence-corrected chi connectivity index (χ2v) is 13.8. The van der Waals surface area contributed by atoms with Crippen LogP contribution >= 0.6 is 0 Å². The van der Waals surface area contributed by atoms with Crippen LogP contribution in [0, 0.1) is 0 Å². The van der Waals surface area contributed by atoms with E-state index < -0.39 is 27.7 Å². The predicted octanol–water partition coefficient (Wildman–Crippen LogP) is 8.38. The number of nitrogens with one attached hydrogen (secondary N) is 2. The summed E-state index contributed by atoms with van der Waals surface area (Å²) < 4.78 is 68.3. The summed E-state index contributed by atoms with van der Waals surface area (Å²) in [6, 6.07) is 28.7. The van der Waals surface area contributed by atoms with Gasteiger partial charge in [-0.05, 0) is 88.7 Å². The molecule has 6 nitrogen and oxygen atoms in total. The normalized spacial score (nSPS) is 17.4. The molecular formula is C37H30F3N3O3S. The molecular weight excluding hydrogens is 623 g/mol. The zero-order valence-electron chi connectivity index (χ0n) is 25.7. The number of hydrogen-bond acceptors (Lipinski definition) is 4. The third kappa shape index (κ3) is 5.13. The van der Waals surface area contributed by atoms with E-state index in [1.165, 1.54) is 12.1 Å². The van der Waals surface area contributed by atoms with Crippen LogP contribution in [0.2, 0.25) is 0 Å². The van der Waals surface area contributed by atoms with Gasteiger partial charge in [0, 0.05) is 42.5 Å². The van der Waals surface area contributed by atoms with Crippen molar-refractivity contribution in [3.63, 3.8) is 0 Å². The molecule has 1 heterocycles. The monoisotopic (exact) mass is 653 g/mol. The molecule has 1 amide bonds. The minimum Gasteiger partial charge on any atom is -0.377 e. The highest BCUT2D eigenvalue weighted by atomic mass is 32.2. The van der Waals surface area contributed by atoms with Gasteiger partial charge >= 0.3 is 6.18 Å². The summed E-state index contributed by atoms with van der Waals surface area (Å²) in [5.41, 5.74) is 6.35. The third-order valence-electron chi connectivity index (χ3n) is 9.08. The second kappa shape index (κ2) is 11.0. The molecule has 2 atom stereocenters. The number of carbonyl (C=O) groups is 1. The number of rotatable bonds is 6. The van der Waals surface area contributed by atoms with Crippen molar-refractivity contribution >= 4 is 49.3 Å². The molecule has 10 heteroatoms. The van der Waals surface area contributed by atoms with Crippen LogP contribution in [0.4, 0.5) is 30.2 Å². The smallest absolute Gasteiger partial charge is 0.377 e. The molecule has 2 N–H and O–H groups in total. The lowest BCUT2D eigenvalue weighted by Gasteiger charge is -2.21. The van der Waals surface area contributed by atoms with Crippen LogP contribution in [0.15, 0.2) is 114 Å². The highest BCUT2D eigenvalue weighted by Gasteiger charge is 2.44. The van der Waals surface area contributed by atoms with E-state index in [2.05, 4.69) is 45.3 Å². The molecule has 47 heavy (non-hydrogen) atoms. The molecule has 2 unspecified atom stereocenters. The number of nitrogens with zero attached hydrogens (tertiary/aromatic N) is 1. The van der Waals surface area contributed by atoms with Crippen LogP contribution in [0.5, 0.6) is 0 Å². The van der Waals surface area contributed by atoms with Crippen molar-refractivity contribution in [2.24, 2.45) is 0 Å². The van der Waals surface area contributed by atoms with Gasteiger partial charge in [-0.3, -0.25) is 9.52 Å². The lowest BCUT2D eigenvalue weighted by molar-refractivity contribution is -0.137. The molecule has 0 saturated heterocycles. The van der Waals surface area contributed by atoms with E-state index in [0.717, 1.165) is 68.6 Å². The van der Waals surface area contributed by atoms with E-state index in [0.29, 0.717) is 11.3 Å². The number of fused-ring (bicyclic) bond motifs is 3. The Hall–Kier alpha value is -5.09. The van der Waals surface area contributed by atoms with Gasteiger partial charge in [0.1, 0.15) is 0 Å². The average Bonchev–Trinajstić information content (AvgIpc) is 3.51. The molecule has 0 bridgehead atoms. The largest absolute Gasteiger partial charge is 0.416 e. The Morgan fingerprint density at radius 1 is 0.766 bits per heavy atom. The SMILES string of the molecule is CC1=C(c2ccc(N(C)C)c3ccccc23)c2ccccc2C1C1C(=O)Nc2ccc(S(=O)(=O)Nc3ccc(C(F)(F)F)cc3)cc21. The Morgan fingerprint density at radius 2 is 1.45 bits per heavy atom. The Kier molecular flexibility index (Phi) is 7.16. The molecule has 0 fully saturated rings. The van der Waals surface area contributed by atoms with Crippen LogP contribution in [0.3, 0.4) is 0 Å². The summed E-state index contributed by atoms with van der Waals surface area (Å²) in [6.45, 7) is 2.03. The van der Waals surface area contributed by atoms with Crippen molar-refractivity contribution in [3.05, 3.63) is 137 Å². The number of carbonyl (C=O) groups excluding carboxylic acids is 1. The van der Waals surface area contributed by atoms with Crippen molar-refractivity contribution in [3.8, 4) is 0 Å². The maximum Gasteiger partial charge on any atom is 0.416 e. The van der Waals surface area contributed by atoms with Gasteiger partial charge in [-0.15, -0.1) is 0 Å². The van der Waals surface area contributed by atoms with Gasteiger partial charge in [0.25, 0.3) is 10.0 Å². The Balaban J connectivity index is 1.31. The van der Waals surface area contributed by atoms with Crippen molar-refractivity contribution in [2.45, 2.75) is 29.8 Å². The van der Waals surface area contributed by atoms with Crippen molar-refractivity contribution < 1.29 is 26.4 Å². The first kappa shape index (κ1) is 30.6. The Morgan fingerprint density at radius 3 is 2.15 bits per heavy atom. The lowest BCUT2D eigenvalue weighted by Crippen LogP contribution is -2.19. The highest BCUT2D eigenvalue weighted by Crippen LogP contribution is 2.54. The molecule has 0 saturated carbocycles. The molecule has 2 aliphatic rings. The minimum absolute atomic E-state index is 0.00935. The van der Waals surface area contributed by atoms with E-state index in [-0.39, 0.29) is 22.4 Å². The number of sulfonamides is 1. The zero-order valence-corrected chi connectivity index (χ0v) is 26.5. The van der Waals surface area contributed by atoms with Gasteiger partial charge in [0.05, 0.1) is 16.4 Å². The molecule has 238 valence electrons. The number of hydrogen-bond donors (Lipinski definition) is 2. The zero-order chi connectivity index (χ0) is 33.2. The summed E-state index contributed by atoms with van der Waals surface area (Å²) in [4.78, 5) is 15.7. The summed E-state index contributed by atoms with van der Waals surface area (Å²) in [5, 5.41) is 5.13. The van der Waals surface area contributed by atoms with Crippen molar-refractivity contribution in [2.75, 3.05) is 29.0 Å². The maximum atomic E-state index is 13.7. The van der Waals surface area contributed by atoms with E-state index in [1.807, 2.05) is 51.4 Å². The van der Waals surface area contributed by atoms with Crippen LogP contribution in [0.25, 0.3) is 16.3 Å². The number of amides is 1. The fourth-order valence-electron chi connectivity index (χ4n) is 6.98. The van der Waals surface area contributed by atoms with Crippen LogP contribution in [-0.4, -0.2) is 28.4 Å². The quantitative estimate of drug-likeness (QED) is 0.193. The summed E-state index contributed by atoms with van der Waals surface area (Å²) >= 11 is 0. The van der Waals surface area contributed by atoms with Gasteiger partial charge in [0.2, 0.25) is 5.91 Å². The van der Waals surface area contributed by atoms with E-state index in [9.17, 15) is 26.4 Å². The van der Waals surface area contributed by atoms with Gasteiger partial charge in [0.15, 0.2) is 0 Å². The first-order chi connectivity index (χ1) is 22.3. The standard InChI is InChI=1S/C37H30F3N3O3S/c1-21-33(29-17-19-32(43(2)3)26-9-5-4-8-25(26)29)27-10-6-7-11-28(27)34(21)35-30-20-24(16-18-31(30)41-36(35)44)47(45,46)42-23-14-12-22(13-15-23)37(38,39)40/h4-20,34-35,42H,1-3H3,(H,41,44). The van der Waals surface area contributed by atoms with Crippen LogP contribution in [0.1, 0.15) is 46.6 Å². The first-order valence-electron chi connectivity index (χ1n) is 15.0. The maximum absolute atomic E-state index is 13.7. The molecule has 1 aliphatic carbocycles. The van der Waals surface area contributed by atoms with E-state index in [4.69, 9.17) is 0 Å². The molecule has 0 radical (unpaired) electrons. The van der Waals surface area contributed by atoms with Crippen LogP contribution < -0.4 is 14.9 Å². The number of allylic oxidation sites excluding steroid dienone is 1. The van der Waals surface area contributed by atoms with E-state index >= 15 is 0 Å². The summed E-state index contributed by atoms with van der Waals surface area (Å²) in [5.74, 6) is -1.31. The van der Waals surface area contributed by atoms with E-state index in [1.54, 1.807) is 6.07 Å².